The molecule has 0 N–H and O–H groups in total. The molecule has 0 rings (SSSR count). The van der Waals surface area contributed by atoms with Crippen LogP contribution in [0.3, 0.4) is 0 Å². The van der Waals surface area contributed by atoms with Gasteiger partial charge in [0.1, 0.15) is 0 Å². The Morgan fingerprint density at radius 2 is 0.250 bits per heavy atom. The van der Waals surface area contributed by atoms with Gasteiger partial charge in [-0.05, 0) is 0 Å². The molecule has 0 saturated carbocycles. The van der Waals surface area contributed by atoms with Crippen LogP contribution in [-0.2, 0) is 84.9 Å². The first-order valence-electron chi connectivity index (χ1n) is 2.67. The van der Waals surface area contributed by atoms with Crippen LogP contribution in [0, 0.1) is 0 Å². The molecular formula is Cr4K8O16. The van der Waals surface area contributed by atoms with Crippen molar-refractivity contribution in [2.75, 3.05) is 0 Å². The summed E-state index contributed by atoms with van der Waals surface area (Å²) < 4.78 is 138. The third kappa shape index (κ3) is 326. The van der Waals surface area contributed by atoms with Crippen molar-refractivity contribution in [3.63, 3.8) is 0 Å². The minimum atomic E-state index is -5.75. The van der Waals surface area contributed by atoms with Crippen molar-refractivity contribution in [3.8, 4) is 0 Å². The summed E-state index contributed by atoms with van der Waals surface area (Å²) in [4.78, 5) is 0. The fraction of sp³-hybridized carbons (Fsp3) is 0. The molecule has 0 aliphatic carbocycles. The second kappa shape index (κ2) is 44.7. The van der Waals surface area contributed by atoms with E-state index in [0.29, 0.717) is 0 Å². The van der Waals surface area contributed by atoms with Gasteiger partial charge in [-0.15, -0.1) is 0 Å². The maximum atomic E-state index is 8.59. The van der Waals surface area contributed by atoms with Crippen molar-refractivity contribution >= 4 is 0 Å². The second-order valence-corrected chi connectivity index (χ2v) is 6.73. The predicted molar refractivity (Wildman–Crippen MR) is 5.49 cm³/mol. The van der Waals surface area contributed by atoms with Crippen LogP contribution in [0.25, 0.3) is 0 Å². The average molecular weight is 777 g/mol. The van der Waals surface area contributed by atoms with Gasteiger partial charge >= 0.3 is 529 Å². The fourth-order valence-electron chi connectivity index (χ4n) is 0. The summed E-state index contributed by atoms with van der Waals surface area (Å²) in [6, 6.07) is 0. The molecule has 0 saturated heterocycles. The molecule has 0 spiro atoms. The zero-order valence-electron chi connectivity index (χ0n) is 16.2. The topological polar surface area (TPSA) is 321 Å². The van der Waals surface area contributed by atoms with Gasteiger partial charge in [0.05, 0.1) is 0 Å². The van der Waals surface area contributed by atoms with Crippen LogP contribution in [0.2, 0.25) is 0 Å². The van der Waals surface area contributed by atoms with E-state index in [1.165, 1.54) is 0 Å². The molecular weight excluding hydrogens is 777 g/mol. The summed E-state index contributed by atoms with van der Waals surface area (Å²) >= 11 is -23.0. The number of hydrogen-bond acceptors (Lipinski definition) is 16. The molecule has 16 nitrogen and oxygen atoms in total. The van der Waals surface area contributed by atoms with E-state index in [-0.39, 0.29) is 411 Å². The average Bonchev–Trinajstić information content (AvgIpc) is 1.62. The summed E-state index contributed by atoms with van der Waals surface area (Å²) in [5.74, 6) is 0. The number of hydrogen-bond donors (Lipinski definition) is 0. The monoisotopic (exact) mass is 775 g/mol. The molecule has 0 fully saturated rings. The predicted octanol–water partition coefficient (Wildman–Crippen LogP) is -34.4. The summed E-state index contributed by atoms with van der Waals surface area (Å²) in [5.41, 5.74) is 0. The normalized spacial score (nSPS) is 8.29. The summed E-state index contributed by atoms with van der Waals surface area (Å²) in [6.07, 6.45) is 0. The molecule has 0 amide bonds. The molecule has 28 heteroatoms. The third-order valence-electron chi connectivity index (χ3n) is 0. The molecule has 0 aliphatic rings. The third-order valence-corrected chi connectivity index (χ3v) is 0. The molecule has 0 radical (unpaired) electrons. The Hall–Kier alpha value is 13.3. The van der Waals surface area contributed by atoms with Gasteiger partial charge in [0, 0.05) is 0 Å². The Morgan fingerprint density at radius 3 is 0.250 bits per heavy atom. The molecule has 0 aromatic rings. The van der Waals surface area contributed by atoms with Crippen molar-refractivity contribution in [3.05, 3.63) is 0 Å². The quantitative estimate of drug-likeness (QED) is 0.206. The van der Waals surface area contributed by atoms with Gasteiger partial charge in [0.2, 0.25) is 0 Å². The first-order valence-corrected chi connectivity index (χ1v) is 11.0. The van der Waals surface area contributed by atoms with Gasteiger partial charge in [-0.25, -0.2) is 0 Å². The summed E-state index contributed by atoms with van der Waals surface area (Å²) in [6.45, 7) is 0. The van der Waals surface area contributed by atoms with Gasteiger partial charge in [-0.1, -0.05) is 0 Å². The summed E-state index contributed by atoms with van der Waals surface area (Å²) in [7, 11) is 0. The SMILES string of the molecule is [K+].[K+].[K+].[K+].[K+].[K+].[K+].[K+].[O]=[Cr](=[O])([O-])[O-].[O]=[Cr](=[O])([O-])[O-].[O]=[Cr](=[O])([O-])[O-].[O]=[Cr](=[O])([O-])[O-]. The maximum absolute atomic E-state index is 8.59. The first-order chi connectivity index (χ1) is 8.00. The van der Waals surface area contributed by atoms with Gasteiger partial charge < -0.3 is 0 Å². The Bertz CT molecular complexity index is 491. The van der Waals surface area contributed by atoms with E-state index < -0.39 is 54.5 Å². The molecule has 0 atom stereocenters. The van der Waals surface area contributed by atoms with E-state index in [1.807, 2.05) is 0 Å². The van der Waals surface area contributed by atoms with Crippen LogP contribution < -0.4 is 444 Å². The Morgan fingerprint density at radius 1 is 0.250 bits per heavy atom. The Kier molecular flexibility index (Phi) is 125. The van der Waals surface area contributed by atoms with E-state index in [4.69, 9.17) is 63.7 Å². The van der Waals surface area contributed by atoms with Crippen molar-refractivity contribution < 1.29 is 529 Å². The molecule has 28 heavy (non-hydrogen) atoms. The van der Waals surface area contributed by atoms with Crippen molar-refractivity contribution in [1.29, 1.82) is 0 Å². The molecule has 0 aromatic carbocycles. The van der Waals surface area contributed by atoms with Crippen LogP contribution in [0.15, 0.2) is 0 Å². The van der Waals surface area contributed by atoms with E-state index in [0.717, 1.165) is 0 Å². The van der Waals surface area contributed by atoms with Crippen LogP contribution in [0.1, 0.15) is 0 Å². The zero-order valence-corrected chi connectivity index (χ0v) is 46.2. The van der Waals surface area contributed by atoms with E-state index in [2.05, 4.69) is 0 Å². The van der Waals surface area contributed by atoms with Crippen molar-refractivity contribution in [2.45, 2.75) is 0 Å². The molecule has 0 unspecified atom stereocenters. The van der Waals surface area contributed by atoms with E-state index >= 15 is 0 Å². The van der Waals surface area contributed by atoms with Gasteiger partial charge in [0.25, 0.3) is 0 Å². The van der Waals surface area contributed by atoms with E-state index in [9.17, 15) is 0 Å². The summed E-state index contributed by atoms with van der Waals surface area (Å²) in [5, 5.41) is 0. The standard InChI is InChI=1S/4Cr.8K.16O/q;;;;8*+1;;;;;;;;;8*-1. The van der Waals surface area contributed by atoms with Crippen molar-refractivity contribution in [2.24, 2.45) is 0 Å². The molecule has 0 aromatic heterocycles. The Balaban J connectivity index is -0.0000000111. The molecule has 0 bridgehead atoms. The Labute approximate surface area is 509 Å². The number of rotatable bonds is 0. The molecule has 0 heterocycles. The van der Waals surface area contributed by atoms with Crippen LogP contribution in [0.4, 0.5) is 0 Å². The van der Waals surface area contributed by atoms with Gasteiger partial charge in [0.15, 0.2) is 0 Å². The fourth-order valence-corrected chi connectivity index (χ4v) is 0. The molecule has 128 valence electrons. The molecule has 0 aliphatic heterocycles. The van der Waals surface area contributed by atoms with Gasteiger partial charge in [-0.3, -0.25) is 0 Å². The zero-order chi connectivity index (χ0) is 18.0. The first kappa shape index (κ1) is 78.1. The minimum absolute atomic E-state index is 0. The van der Waals surface area contributed by atoms with Crippen LogP contribution in [-0.4, -0.2) is 0 Å². The van der Waals surface area contributed by atoms with Crippen molar-refractivity contribution in [1.82, 2.24) is 0 Å². The van der Waals surface area contributed by atoms with Gasteiger partial charge in [-0.2, -0.15) is 0 Å². The second-order valence-electron chi connectivity index (χ2n) is 1.63. The van der Waals surface area contributed by atoms with Crippen LogP contribution in [0.5, 0.6) is 0 Å². The van der Waals surface area contributed by atoms with E-state index in [1.54, 1.807) is 0 Å². The van der Waals surface area contributed by atoms with Crippen LogP contribution >= 0.6 is 0 Å².